The molecule has 0 atom stereocenters. The second kappa shape index (κ2) is 4.75. The summed E-state index contributed by atoms with van der Waals surface area (Å²) in [5.41, 5.74) is 0. The molecule has 82 valence electrons. The van der Waals surface area contributed by atoms with E-state index in [0.717, 1.165) is 14.2 Å². The van der Waals surface area contributed by atoms with Crippen molar-refractivity contribution in [3.05, 3.63) is 0 Å². The fraction of sp³-hybridized carbons (Fsp3) is 0.667. The Balaban J connectivity index is 5.06. The van der Waals surface area contributed by atoms with Crippen LogP contribution >= 0.6 is 46.4 Å². The molecule has 0 aromatic heterocycles. The largest absolute Gasteiger partial charge is 0.467 e. The van der Waals surface area contributed by atoms with Crippen LogP contribution in [0.25, 0.3) is 0 Å². The molecule has 0 rings (SSSR count). The lowest BCUT2D eigenvalue weighted by Crippen LogP contribution is -2.50. The van der Waals surface area contributed by atoms with Gasteiger partial charge < -0.3 is 9.47 Å². The van der Waals surface area contributed by atoms with E-state index in [0.29, 0.717) is 0 Å². The van der Waals surface area contributed by atoms with Crippen molar-refractivity contribution in [3.8, 4) is 0 Å². The maximum Gasteiger partial charge on any atom is 0.346 e. The maximum atomic E-state index is 11.0. The zero-order valence-corrected chi connectivity index (χ0v) is 10.2. The Hall–Kier alpha value is 0.1000. The SMILES string of the molecule is COC(=O)C(Cl)(Cl)C(Cl)(Cl)C(=O)OC. The normalized spacial score (nSPS) is 12.1. The van der Waals surface area contributed by atoms with E-state index in [9.17, 15) is 9.59 Å². The van der Waals surface area contributed by atoms with Gasteiger partial charge in [-0.2, -0.15) is 0 Å². The molecule has 0 bridgehead atoms. The topological polar surface area (TPSA) is 52.6 Å². The Bertz CT molecular complexity index is 224. The number of halogens is 4. The Kier molecular flexibility index (Phi) is 4.78. The average molecular weight is 284 g/mol. The second-order valence-corrected chi connectivity index (χ2v) is 4.79. The summed E-state index contributed by atoms with van der Waals surface area (Å²) in [6, 6.07) is 0. The van der Waals surface area contributed by atoms with Crippen molar-refractivity contribution in [2.24, 2.45) is 0 Å². The smallest absolute Gasteiger partial charge is 0.346 e. The van der Waals surface area contributed by atoms with Crippen molar-refractivity contribution in [2.45, 2.75) is 8.67 Å². The molecule has 0 fully saturated rings. The summed E-state index contributed by atoms with van der Waals surface area (Å²) in [4.78, 5) is 22.1. The summed E-state index contributed by atoms with van der Waals surface area (Å²) in [5, 5.41) is 0. The van der Waals surface area contributed by atoms with Gasteiger partial charge in [0.1, 0.15) is 0 Å². The average Bonchev–Trinajstić information content (AvgIpc) is 2.14. The molecular weight excluding hydrogens is 278 g/mol. The van der Waals surface area contributed by atoms with Crippen LogP contribution in [0.5, 0.6) is 0 Å². The minimum Gasteiger partial charge on any atom is -0.467 e. The van der Waals surface area contributed by atoms with Gasteiger partial charge in [-0.15, -0.1) is 0 Å². The van der Waals surface area contributed by atoms with Gasteiger partial charge in [0.2, 0.25) is 0 Å². The summed E-state index contributed by atoms with van der Waals surface area (Å²) in [6.45, 7) is 0. The summed E-state index contributed by atoms with van der Waals surface area (Å²) >= 11 is 21.9. The molecule has 0 saturated heterocycles. The number of esters is 2. The quantitative estimate of drug-likeness (QED) is 0.584. The third-order valence-corrected chi connectivity index (χ3v) is 3.42. The van der Waals surface area contributed by atoms with E-state index < -0.39 is 20.6 Å². The zero-order chi connectivity index (χ0) is 11.6. The minimum absolute atomic E-state index is 1.02. The van der Waals surface area contributed by atoms with E-state index in [4.69, 9.17) is 46.4 Å². The van der Waals surface area contributed by atoms with Crippen LogP contribution in [0, 0.1) is 0 Å². The van der Waals surface area contributed by atoms with Crippen molar-refractivity contribution < 1.29 is 19.1 Å². The molecule has 4 nitrogen and oxygen atoms in total. The summed E-state index contributed by atoms with van der Waals surface area (Å²) in [5.74, 6) is -2.31. The first-order chi connectivity index (χ1) is 6.21. The molecule has 0 N–H and O–H groups in total. The Labute approximate surface area is 100 Å². The van der Waals surface area contributed by atoms with Crippen LogP contribution in [-0.4, -0.2) is 34.8 Å². The van der Waals surface area contributed by atoms with Crippen LogP contribution in [0.3, 0.4) is 0 Å². The monoisotopic (exact) mass is 282 g/mol. The standard InChI is InChI=1S/C6H6Cl4O4/c1-13-3(11)5(7,8)6(9,10)4(12)14-2/h1-2H3. The molecule has 0 unspecified atom stereocenters. The van der Waals surface area contributed by atoms with E-state index >= 15 is 0 Å². The summed E-state index contributed by atoms with van der Waals surface area (Å²) < 4.78 is 3.57. The van der Waals surface area contributed by atoms with Crippen LogP contribution in [-0.2, 0) is 19.1 Å². The van der Waals surface area contributed by atoms with Gasteiger partial charge in [-0.1, -0.05) is 46.4 Å². The second-order valence-electron chi connectivity index (χ2n) is 2.13. The van der Waals surface area contributed by atoms with E-state index in [-0.39, 0.29) is 0 Å². The number of hydrogen-bond donors (Lipinski definition) is 0. The Morgan fingerprint density at radius 3 is 1.21 bits per heavy atom. The molecule has 0 aliphatic carbocycles. The number of rotatable bonds is 3. The van der Waals surface area contributed by atoms with E-state index in [1.807, 2.05) is 0 Å². The highest BCUT2D eigenvalue weighted by atomic mass is 35.5. The molecule has 0 aromatic rings. The van der Waals surface area contributed by atoms with Gasteiger partial charge in [0.15, 0.2) is 0 Å². The van der Waals surface area contributed by atoms with Gasteiger partial charge in [-0.25, -0.2) is 9.59 Å². The highest BCUT2D eigenvalue weighted by Crippen LogP contribution is 2.44. The van der Waals surface area contributed by atoms with Crippen molar-refractivity contribution in [3.63, 3.8) is 0 Å². The van der Waals surface area contributed by atoms with Crippen LogP contribution in [0.1, 0.15) is 0 Å². The highest BCUT2D eigenvalue weighted by Gasteiger charge is 2.60. The number of ether oxygens (including phenoxy) is 2. The van der Waals surface area contributed by atoms with Gasteiger partial charge >= 0.3 is 11.9 Å². The van der Waals surface area contributed by atoms with Crippen LogP contribution in [0.15, 0.2) is 0 Å². The molecule has 14 heavy (non-hydrogen) atoms. The number of hydrogen-bond acceptors (Lipinski definition) is 4. The summed E-state index contributed by atoms with van der Waals surface area (Å²) in [6.07, 6.45) is 0. The van der Waals surface area contributed by atoms with Gasteiger partial charge in [-0.05, 0) is 0 Å². The number of methoxy groups -OCH3 is 2. The molecule has 0 spiro atoms. The van der Waals surface area contributed by atoms with E-state index in [2.05, 4.69) is 9.47 Å². The number of carbonyl (C=O) groups is 2. The predicted octanol–water partition coefficient (Wildman–Crippen LogP) is 1.68. The van der Waals surface area contributed by atoms with Gasteiger partial charge in [-0.3, -0.25) is 0 Å². The molecule has 0 radical (unpaired) electrons. The first-order valence-electron chi connectivity index (χ1n) is 3.14. The lowest BCUT2D eigenvalue weighted by Gasteiger charge is -2.27. The van der Waals surface area contributed by atoms with Crippen molar-refractivity contribution in [1.29, 1.82) is 0 Å². The van der Waals surface area contributed by atoms with Gasteiger partial charge in [0.05, 0.1) is 14.2 Å². The third kappa shape index (κ3) is 2.37. The molecule has 0 aliphatic heterocycles. The Morgan fingerprint density at radius 1 is 0.857 bits per heavy atom. The zero-order valence-electron chi connectivity index (χ0n) is 7.14. The van der Waals surface area contributed by atoms with E-state index in [1.165, 1.54) is 0 Å². The number of alkyl halides is 4. The molecular formula is C6H6Cl4O4. The van der Waals surface area contributed by atoms with Crippen molar-refractivity contribution in [1.82, 2.24) is 0 Å². The summed E-state index contributed by atoms with van der Waals surface area (Å²) in [7, 11) is 2.03. The fourth-order valence-electron chi connectivity index (χ4n) is 0.513. The van der Waals surface area contributed by atoms with Crippen LogP contribution < -0.4 is 0 Å². The molecule has 0 saturated carbocycles. The van der Waals surface area contributed by atoms with Crippen LogP contribution in [0.4, 0.5) is 0 Å². The molecule has 8 heteroatoms. The molecule has 0 aromatic carbocycles. The lowest BCUT2D eigenvalue weighted by atomic mass is 10.3. The number of carbonyl (C=O) groups excluding carboxylic acids is 2. The maximum absolute atomic E-state index is 11.0. The third-order valence-electron chi connectivity index (χ3n) is 1.28. The Morgan fingerprint density at radius 2 is 1.07 bits per heavy atom. The van der Waals surface area contributed by atoms with Gasteiger partial charge in [0.25, 0.3) is 8.67 Å². The molecule has 0 heterocycles. The van der Waals surface area contributed by atoms with Gasteiger partial charge in [0, 0.05) is 0 Å². The molecule has 0 aliphatic rings. The van der Waals surface area contributed by atoms with Crippen molar-refractivity contribution >= 4 is 58.3 Å². The molecule has 0 amide bonds. The highest BCUT2D eigenvalue weighted by molar-refractivity contribution is 6.73. The fourth-order valence-corrected chi connectivity index (χ4v) is 1.13. The lowest BCUT2D eigenvalue weighted by molar-refractivity contribution is -0.148. The minimum atomic E-state index is -2.43. The van der Waals surface area contributed by atoms with Crippen LogP contribution in [0.2, 0.25) is 0 Å². The first kappa shape index (κ1) is 14.1. The first-order valence-corrected chi connectivity index (χ1v) is 4.65. The van der Waals surface area contributed by atoms with E-state index in [1.54, 1.807) is 0 Å². The predicted molar refractivity (Wildman–Crippen MR) is 52.9 cm³/mol. The van der Waals surface area contributed by atoms with Crippen molar-refractivity contribution in [2.75, 3.05) is 14.2 Å².